The first kappa shape index (κ1) is 29.6. The fourth-order valence-corrected chi connectivity index (χ4v) is 4.84. The minimum Gasteiger partial charge on any atom is -0.494 e. The van der Waals surface area contributed by atoms with Crippen LogP contribution in [-0.2, 0) is 6.42 Å². The summed E-state index contributed by atoms with van der Waals surface area (Å²) in [6.07, 6.45) is 4.09. The summed E-state index contributed by atoms with van der Waals surface area (Å²) in [5.74, 6) is 2.85. The molecule has 0 aliphatic heterocycles. The lowest BCUT2D eigenvalue weighted by molar-refractivity contribution is 0.285. The normalized spacial score (nSPS) is 11.4. The maximum Gasteiger partial charge on any atom is 0.282 e. The van der Waals surface area contributed by atoms with E-state index in [0.29, 0.717) is 54.5 Å². The van der Waals surface area contributed by atoms with Crippen molar-refractivity contribution in [1.82, 2.24) is 9.66 Å². The maximum absolute atomic E-state index is 13.8. The largest absolute Gasteiger partial charge is 0.494 e. The van der Waals surface area contributed by atoms with Crippen LogP contribution in [0.2, 0.25) is 0 Å². The lowest BCUT2D eigenvalue weighted by Gasteiger charge is -2.18. The van der Waals surface area contributed by atoms with Crippen molar-refractivity contribution in [2.45, 2.75) is 53.9 Å². The zero-order valence-corrected chi connectivity index (χ0v) is 24.9. The monoisotopic (exact) mass is 553 g/mol. The highest BCUT2D eigenvalue weighted by molar-refractivity contribution is 5.83. The molecule has 0 radical (unpaired) electrons. The Bertz CT molecular complexity index is 1640. The number of rotatable bonds is 12. The van der Waals surface area contributed by atoms with Crippen molar-refractivity contribution < 1.29 is 14.2 Å². The van der Waals surface area contributed by atoms with E-state index in [2.05, 4.69) is 26.5 Å². The van der Waals surface area contributed by atoms with Gasteiger partial charge in [0.25, 0.3) is 5.56 Å². The zero-order chi connectivity index (χ0) is 29.5. The Labute approximate surface area is 242 Å². The standard InChI is InChI=1S/C34H39N3O4/c1-8-14-25-18-24(19-31(40-10-3)32(25)41-11-4)21-35-37-33(36-29-16-13-12-15-26(29)34(37)38)28-20-27(22(5)6)30(39-9-2)17-23(28)7/h8,12-13,15-22H,1,9-11,14H2,2-7H3. The summed E-state index contributed by atoms with van der Waals surface area (Å²) in [7, 11) is 0. The summed E-state index contributed by atoms with van der Waals surface area (Å²) in [6, 6.07) is 15.3. The molecule has 0 aliphatic carbocycles. The molecule has 0 saturated carbocycles. The van der Waals surface area contributed by atoms with Gasteiger partial charge in [0.05, 0.1) is 36.9 Å². The number of nitrogens with zero attached hydrogens (tertiary/aromatic N) is 3. The van der Waals surface area contributed by atoms with E-state index in [0.717, 1.165) is 33.6 Å². The van der Waals surface area contributed by atoms with Gasteiger partial charge in [-0.2, -0.15) is 9.78 Å². The topological polar surface area (TPSA) is 74.9 Å². The Morgan fingerprint density at radius 1 is 0.976 bits per heavy atom. The van der Waals surface area contributed by atoms with Crippen molar-refractivity contribution in [3.05, 3.63) is 93.8 Å². The molecule has 3 aromatic carbocycles. The van der Waals surface area contributed by atoms with Gasteiger partial charge in [-0.05, 0) is 93.1 Å². The van der Waals surface area contributed by atoms with Gasteiger partial charge in [-0.3, -0.25) is 4.79 Å². The Morgan fingerprint density at radius 3 is 2.37 bits per heavy atom. The molecule has 0 atom stereocenters. The highest BCUT2D eigenvalue weighted by Gasteiger charge is 2.19. The molecule has 214 valence electrons. The molecule has 0 bridgehead atoms. The second-order valence-corrected chi connectivity index (χ2v) is 9.97. The van der Waals surface area contributed by atoms with Gasteiger partial charge < -0.3 is 14.2 Å². The van der Waals surface area contributed by atoms with E-state index in [1.807, 2.05) is 70.2 Å². The van der Waals surface area contributed by atoms with E-state index < -0.39 is 0 Å². The van der Waals surface area contributed by atoms with Gasteiger partial charge in [-0.1, -0.05) is 32.1 Å². The number of para-hydroxylation sites is 1. The number of allylic oxidation sites excluding steroid dienone is 1. The molecule has 0 saturated heterocycles. The smallest absolute Gasteiger partial charge is 0.282 e. The van der Waals surface area contributed by atoms with Gasteiger partial charge in [0.15, 0.2) is 17.3 Å². The van der Waals surface area contributed by atoms with E-state index in [-0.39, 0.29) is 11.5 Å². The van der Waals surface area contributed by atoms with Crippen molar-refractivity contribution in [2.75, 3.05) is 19.8 Å². The molecule has 0 aliphatic rings. The Hall–Kier alpha value is -4.39. The van der Waals surface area contributed by atoms with E-state index in [4.69, 9.17) is 24.3 Å². The van der Waals surface area contributed by atoms with Gasteiger partial charge in [0.1, 0.15) is 5.75 Å². The molecule has 4 aromatic rings. The van der Waals surface area contributed by atoms with Crippen LogP contribution in [0, 0.1) is 6.92 Å². The Balaban J connectivity index is 1.95. The fourth-order valence-electron chi connectivity index (χ4n) is 4.84. The summed E-state index contributed by atoms with van der Waals surface area (Å²) >= 11 is 0. The number of aryl methyl sites for hydroxylation is 1. The summed E-state index contributed by atoms with van der Waals surface area (Å²) in [5.41, 5.74) is 4.89. The summed E-state index contributed by atoms with van der Waals surface area (Å²) in [4.78, 5) is 18.8. The molecule has 0 N–H and O–H groups in total. The van der Waals surface area contributed by atoms with Gasteiger partial charge in [0.2, 0.25) is 0 Å². The van der Waals surface area contributed by atoms with Gasteiger partial charge in [-0.15, -0.1) is 6.58 Å². The summed E-state index contributed by atoms with van der Waals surface area (Å²) < 4.78 is 19.2. The van der Waals surface area contributed by atoms with Crippen LogP contribution in [0.15, 0.2) is 71.1 Å². The van der Waals surface area contributed by atoms with Gasteiger partial charge in [-0.25, -0.2) is 4.98 Å². The highest BCUT2D eigenvalue weighted by Crippen LogP contribution is 2.35. The van der Waals surface area contributed by atoms with Crippen LogP contribution in [0.5, 0.6) is 17.2 Å². The third-order valence-electron chi connectivity index (χ3n) is 6.70. The molecule has 7 nitrogen and oxygen atoms in total. The van der Waals surface area contributed by atoms with Crippen LogP contribution in [0.3, 0.4) is 0 Å². The molecular weight excluding hydrogens is 514 g/mol. The van der Waals surface area contributed by atoms with Crippen LogP contribution in [0.1, 0.15) is 62.8 Å². The number of fused-ring (bicyclic) bond motifs is 1. The van der Waals surface area contributed by atoms with E-state index in [9.17, 15) is 4.79 Å². The average Bonchev–Trinajstić information content (AvgIpc) is 2.94. The first-order valence-electron chi connectivity index (χ1n) is 14.2. The van der Waals surface area contributed by atoms with Crippen LogP contribution in [-0.4, -0.2) is 35.7 Å². The number of aromatic nitrogens is 2. The van der Waals surface area contributed by atoms with Crippen LogP contribution in [0.4, 0.5) is 0 Å². The minimum absolute atomic E-state index is 0.212. The van der Waals surface area contributed by atoms with Crippen molar-refractivity contribution in [1.29, 1.82) is 0 Å². The molecule has 7 heteroatoms. The average molecular weight is 554 g/mol. The quantitative estimate of drug-likeness (QED) is 0.136. The number of benzene rings is 3. The van der Waals surface area contributed by atoms with Crippen molar-refractivity contribution in [3.8, 4) is 28.6 Å². The predicted octanol–water partition coefficient (Wildman–Crippen LogP) is 7.30. The van der Waals surface area contributed by atoms with Gasteiger partial charge in [0, 0.05) is 11.1 Å². The number of ether oxygens (including phenoxy) is 3. The van der Waals surface area contributed by atoms with E-state index >= 15 is 0 Å². The second kappa shape index (κ2) is 13.3. The van der Waals surface area contributed by atoms with Gasteiger partial charge >= 0.3 is 0 Å². The lowest BCUT2D eigenvalue weighted by atomic mass is 9.96. The molecule has 4 rings (SSSR count). The highest BCUT2D eigenvalue weighted by atomic mass is 16.5. The number of hydrogen-bond acceptors (Lipinski definition) is 6. The molecular formula is C34H39N3O4. The molecule has 41 heavy (non-hydrogen) atoms. The van der Waals surface area contributed by atoms with E-state index in [1.54, 1.807) is 12.3 Å². The maximum atomic E-state index is 13.8. The molecule has 0 unspecified atom stereocenters. The third kappa shape index (κ3) is 6.35. The summed E-state index contributed by atoms with van der Waals surface area (Å²) in [6.45, 7) is 17.6. The molecule has 0 spiro atoms. The molecule has 1 aromatic heterocycles. The van der Waals surface area contributed by atoms with Crippen LogP contribution in [0.25, 0.3) is 22.3 Å². The van der Waals surface area contributed by atoms with Crippen LogP contribution < -0.4 is 19.8 Å². The summed E-state index contributed by atoms with van der Waals surface area (Å²) in [5, 5.41) is 5.21. The predicted molar refractivity (Wildman–Crippen MR) is 167 cm³/mol. The van der Waals surface area contributed by atoms with E-state index in [1.165, 1.54) is 4.68 Å². The van der Waals surface area contributed by atoms with Crippen molar-refractivity contribution in [2.24, 2.45) is 5.10 Å². The molecule has 0 amide bonds. The zero-order valence-electron chi connectivity index (χ0n) is 24.9. The lowest BCUT2D eigenvalue weighted by Crippen LogP contribution is -2.21. The van der Waals surface area contributed by atoms with Crippen molar-refractivity contribution >= 4 is 17.1 Å². The van der Waals surface area contributed by atoms with Crippen LogP contribution >= 0.6 is 0 Å². The molecule has 0 fully saturated rings. The van der Waals surface area contributed by atoms with Crippen molar-refractivity contribution in [3.63, 3.8) is 0 Å². The first-order chi connectivity index (χ1) is 19.8. The molecule has 1 heterocycles. The first-order valence-corrected chi connectivity index (χ1v) is 14.2. The number of hydrogen-bond donors (Lipinski definition) is 0. The SMILES string of the molecule is C=CCc1cc(C=Nn2c(-c3cc(C(C)C)c(OCC)cc3C)nc3ccccc3c2=O)cc(OCC)c1OCC. The fraction of sp³-hybridized carbons (Fsp3) is 0.324. The minimum atomic E-state index is -0.247. The second-order valence-electron chi connectivity index (χ2n) is 9.97. The Kier molecular flexibility index (Phi) is 9.61. The third-order valence-corrected chi connectivity index (χ3v) is 6.70. The Morgan fingerprint density at radius 2 is 1.68 bits per heavy atom.